The summed E-state index contributed by atoms with van der Waals surface area (Å²) < 4.78 is 0. The Morgan fingerprint density at radius 3 is 2.43 bits per heavy atom. The van der Waals surface area contributed by atoms with Crippen molar-refractivity contribution in [2.45, 2.75) is 19.4 Å². The molecule has 0 radical (unpaired) electrons. The van der Waals surface area contributed by atoms with Crippen molar-refractivity contribution in [1.82, 2.24) is 5.32 Å². The Bertz CT molecular complexity index is 642. The summed E-state index contributed by atoms with van der Waals surface area (Å²) in [5.74, 6) is 0.131. The van der Waals surface area contributed by atoms with Gasteiger partial charge in [0.25, 0.3) is 5.91 Å². The van der Waals surface area contributed by atoms with Gasteiger partial charge in [-0.3, -0.25) is 4.79 Å². The number of carbonyl (C=O) groups is 1. The van der Waals surface area contributed by atoms with Crippen LogP contribution in [0.5, 0.6) is 0 Å². The molecule has 0 fully saturated rings. The fourth-order valence-electron chi connectivity index (χ4n) is 2.19. The molecule has 4 heteroatoms. The molecule has 2 aromatic carbocycles. The fraction of sp³-hybridized carbons (Fsp3) is 0.235. The lowest BCUT2D eigenvalue weighted by Gasteiger charge is -2.29. The van der Waals surface area contributed by atoms with Crippen molar-refractivity contribution in [1.29, 1.82) is 0 Å². The molecule has 1 amide bonds. The Kier molecular flexibility index (Phi) is 4.92. The predicted octanol–water partition coefficient (Wildman–Crippen LogP) is 4.53. The highest BCUT2D eigenvalue weighted by atomic mass is 35.5. The van der Waals surface area contributed by atoms with E-state index in [-0.39, 0.29) is 11.8 Å². The first-order chi connectivity index (χ1) is 9.96. The molecule has 0 heterocycles. The van der Waals surface area contributed by atoms with E-state index < -0.39 is 5.54 Å². The number of carbonyl (C=O) groups excluding carboxylic acids is 1. The SMILES string of the molecule is Cc1cc(Cl)ccc1C(=O)NC(C)(CCl)c1ccccc1. The van der Waals surface area contributed by atoms with E-state index >= 15 is 0 Å². The molecule has 2 aromatic rings. The van der Waals surface area contributed by atoms with E-state index in [0.717, 1.165) is 11.1 Å². The number of rotatable bonds is 4. The number of amides is 1. The number of nitrogens with one attached hydrogen (secondary N) is 1. The molecule has 0 aliphatic carbocycles. The molecule has 1 N–H and O–H groups in total. The summed E-state index contributed by atoms with van der Waals surface area (Å²) >= 11 is 12.0. The van der Waals surface area contributed by atoms with E-state index in [1.807, 2.05) is 44.2 Å². The van der Waals surface area contributed by atoms with Crippen molar-refractivity contribution >= 4 is 29.1 Å². The maximum atomic E-state index is 12.5. The van der Waals surface area contributed by atoms with Gasteiger partial charge >= 0.3 is 0 Å². The average molecular weight is 322 g/mol. The van der Waals surface area contributed by atoms with Gasteiger partial charge in [0.05, 0.1) is 5.54 Å². The first-order valence-electron chi connectivity index (χ1n) is 6.66. The average Bonchev–Trinajstić information content (AvgIpc) is 2.47. The number of alkyl halides is 1. The number of hydrogen-bond acceptors (Lipinski definition) is 1. The highest BCUT2D eigenvalue weighted by Crippen LogP contribution is 2.24. The molecule has 0 saturated heterocycles. The second kappa shape index (κ2) is 6.50. The van der Waals surface area contributed by atoms with Gasteiger partial charge in [-0.05, 0) is 43.2 Å². The van der Waals surface area contributed by atoms with Crippen LogP contribution in [0.2, 0.25) is 5.02 Å². The van der Waals surface area contributed by atoms with Gasteiger partial charge in [-0.15, -0.1) is 11.6 Å². The highest BCUT2D eigenvalue weighted by molar-refractivity contribution is 6.30. The van der Waals surface area contributed by atoms with E-state index in [9.17, 15) is 4.79 Å². The lowest BCUT2D eigenvalue weighted by atomic mass is 9.93. The first-order valence-corrected chi connectivity index (χ1v) is 7.58. The predicted molar refractivity (Wildman–Crippen MR) is 88.2 cm³/mol. The summed E-state index contributed by atoms with van der Waals surface area (Å²) in [6, 6.07) is 14.9. The third-order valence-electron chi connectivity index (χ3n) is 3.50. The summed E-state index contributed by atoms with van der Waals surface area (Å²) in [6.45, 7) is 3.78. The zero-order valence-electron chi connectivity index (χ0n) is 12.0. The van der Waals surface area contributed by atoms with Gasteiger partial charge in [0.2, 0.25) is 0 Å². The van der Waals surface area contributed by atoms with Gasteiger partial charge in [0, 0.05) is 16.5 Å². The molecule has 0 spiro atoms. The molecule has 0 aromatic heterocycles. The van der Waals surface area contributed by atoms with Crippen molar-refractivity contribution in [2.24, 2.45) is 0 Å². The third kappa shape index (κ3) is 3.58. The summed E-state index contributed by atoms with van der Waals surface area (Å²) in [5.41, 5.74) is 1.79. The highest BCUT2D eigenvalue weighted by Gasteiger charge is 2.28. The monoisotopic (exact) mass is 321 g/mol. The van der Waals surface area contributed by atoms with Gasteiger partial charge in [0.1, 0.15) is 0 Å². The summed E-state index contributed by atoms with van der Waals surface area (Å²) in [6.07, 6.45) is 0. The summed E-state index contributed by atoms with van der Waals surface area (Å²) in [5, 5.41) is 3.64. The molecule has 110 valence electrons. The largest absolute Gasteiger partial charge is 0.342 e. The van der Waals surface area contributed by atoms with Crippen LogP contribution in [-0.2, 0) is 5.54 Å². The van der Waals surface area contributed by atoms with E-state index in [0.29, 0.717) is 10.6 Å². The second-order valence-corrected chi connectivity index (χ2v) is 5.95. The van der Waals surface area contributed by atoms with Crippen molar-refractivity contribution in [2.75, 3.05) is 5.88 Å². The van der Waals surface area contributed by atoms with Crippen LogP contribution in [0.4, 0.5) is 0 Å². The zero-order chi connectivity index (χ0) is 15.5. The topological polar surface area (TPSA) is 29.1 Å². The van der Waals surface area contributed by atoms with Gasteiger partial charge in [-0.2, -0.15) is 0 Å². The maximum Gasteiger partial charge on any atom is 0.252 e. The lowest BCUT2D eigenvalue weighted by Crippen LogP contribution is -2.45. The smallest absolute Gasteiger partial charge is 0.252 e. The molecule has 0 aliphatic heterocycles. The number of halogens is 2. The fourth-order valence-corrected chi connectivity index (χ4v) is 2.64. The molecule has 1 unspecified atom stereocenters. The van der Waals surface area contributed by atoms with E-state index in [1.165, 1.54) is 0 Å². The number of aryl methyl sites for hydroxylation is 1. The molecule has 2 rings (SSSR count). The molecule has 0 bridgehead atoms. The van der Waals surface area contributed by atoms with Crippen LogP contribution < -0.4 is 5.32 Å². The molecule has 21 heavy (non-hydrogen) atoms. The van der Waals surface area contributed by atoms with Crippen molar-refractivity contribution in [3.63, 3.8) is 0 Å². The minimum absolute atomic E-state index is 0.156. The third-order valence-corrected chi connectivity index (χ3v) is 4.27. The normalized spacial score (nSPS) is 13.5. The Balaban J connectivity index is 2.28. The number of benzene rings is 2. The van der Waals surface area contributed by atoms with Crippen molar-refractivity contribution in [3.8, 4) is 0 Å². The second-order valence-electron chi connectivity index (χ2n) is 5.25. The zero-order valence-corrected chi connectivity index (χ0v) is 13.5. The number of hydrogen-bond donors (Lipinski definition) is 1. The molecule has 0 saturated carbocycles. The molecule has 2 nitrogen and oxygen atoms in total. The van der Waals surface area contributed by atoms with Crippen LogP contribution in [0.15, 0.2) is 48.5 Å². The Labute approximate surface area is 135 Å². The van der Waals surface area contributed by atoms with Crippen LogP contribution in [0.25, 0.3) is 0 Å². The van der Waals surface area contributed by atoms with E-state index in [1.54, 1.807) is 18.2 Å². The Hall–Kier alpha value is -1.51. The van der Waals surface area contributed by atoms with Crippen LogP contribution in [0, 0.1) is 6.92 Å². The molecule has 0 aliphatic rings. The maximum absolute atomic E-state index is 12.5. The summed E-state index contributed by atoms with van der Waals surface area (Å²) in [4.78, 5) is 12.5. The minimum atomic E-state index is -0.619. The van der Waals surface area contributed by atoms with Crippen LogP contribution in [-0.4, -0.2) is 11.8 Å². The standard InChI is InChI=1S/C17H17Cl2NO/c1-12-10-14(19)8-9-15(12)16(21)20-17(2,11-18)13-6-4-3-5-7-13/h3-10H,11H2,1-2H3,(H,20,21). The van der Waals surface area contributed by atoms with Gasteiger partial charge in [-0.25, -0.2) is 0 Å². The van der Waals surface area contributed by atoms with Crippen LogP contribution >= 0.6 is 23.2 Å². The van der Waals surface area contributed by atoms with Gasteiger partial charge in [-0.1, -0.05) is 41.9 Å². The van der Waals surface area contributed by atoms with Crippen LogP contribution in [0.3, 0.4) is 0 Å². The lowest BCUT2D eigenvalue weighted by molar-refractivity contribution is 0.0912. The quantitative estimate of drug-likeness (QED) is 0.823. The Morgan fingerprint density at radius 2 is 1.86 bits per heavy atom. The molecular weight excluding hydrogens is 305 g/mol. The molecule has 1 atom stereocenters. The van der Waals surface area contributed by atoms with Gasteiger partial charge < -0.3 is 5.32 Å². The van der Waals surface area contributed by atoms with E-state index in [2.05, 4.69) is 5.32 Å². The van der Waals surface area contributed by atoms with Gasteiger partial charge in [0.15, 0.2) is 0 Å². The minimum Gasteiger partial charge on any atom is -0.342 e. The van der Waals surface area contributed by atoms with Crippen molar-refractivity contribution in [3.05, 3.63) is 70.2 Å². The Morgan fingerprint density at radius 1 is 1.19 bits per heavy atom. The first kappa shape index (κ1) is 15.9. The van der Waals surface area contributed by atoms with E-state index in [4.69, 9.17) is 23.2 Å². The molecular formula is C17H17Cl2NO. The summed E-state index contributed by atoms with van der Waals surface area (Å²) in [7, 11) is 0. The van der Waals surface area contributed by atoms with Crippen LogP contribution in [0.1, 0.15) is 28.4 Å². The van der Waals surface area contributed by atoms with Crippen molar-refractivity contribution < 1.29 is 4.79 Å².